The smallest absolute Gasteiger partial charge is 0.319 e. The number of Topliss-reactive ketones (excluding diaryl/α,β-unsaturated/α-hetero) is 1. The number of anilines is 2. The second-order valence-corrected chi connectivity index (χ2v) is 13.0. The lowest BCUT2D eigenvalue weighted by atomic mass is 9.53. The Kier molecular flexibility index (Phi) is 6.71. The molecule has 0 atom stereocenters. The van der Waals surface area contributed by atoms with Gasteiger partial charge >= 0.3 is 12.0 Å². The molecular weight excluding hydrogens is 532 g/mol. The Morgan fingerprint density at radius 1 is 1.07 bits per heavy atom. The number of amides is 3. The molecule has 220 valence electrons. The summed E-state index contributed by atoms with van der Waals surface area (Å²) < 4.78 is 5.12. The van der Waals surface area contributed by atoms with E-state index >= 15 is 0 Å². The molecule has 9 heteroatoms. The molecule has 0 unspecified atom stereocenters. The van der Waals surface area contributed by atoms with Crippen LogP contribution in [0.2, 0.25) is 0 Å². The predicted molar refractivity (Wildman–Crippen MR) is 159 cm³/mol. The average Bonchev–Trinajstić information content (AvgIpc) is 3.43. The monoisotopic (exact) mass is 570 g/mol. The summed E-state index contributed by atoms with van der Waals surface area (Å²) in [7, 11) is 0. The zero-order valence-electron chi connectivity index (χ0n) is 24.1. The second-order valence-electron chi connectivity index (χ2n) is 13.0. The van der Waals surface area contributed by atoms with Crippen LogP contribution < -0.4 is 16.0 Å². The summed E-state index contributed by atoms with van der Waals surface area (Å²) >= 11 is 0. The molecule has 1 aromatic heterocycles. The molecule has 5 aliphatic carbocycles. The van der Waals surface area contributed by atoms with Gasteiger partial charge in [-0.1, -0.05) is 0 Å². The summed E-state index contributed by atoms with van der Waals surface area (Å²) in [4.78, 5) is 54.7. The number of benzene rings is 1. The number of aromatic amines is 1. The number of H-pyrrole nitrogens is 1. The highest BCUT2D eigenvalue weighted by Crippen LogP contribution is 2.55. The van der Waals surface area contributed by atoms with Gasteiger partial charge in [0.05, 0.1) is 12.2 Å². The van der Waals surface area contributed by atoms with Crippen LogP contribution >= 0.6 is 0 Å². The van der Waals surface area contributed by atoms with E-state index in [1.807, 2.05) is 6.07 Å². The average molecular weight is 571 g/mol. The van der Waals surface area contributed by atoms with Crippen LogP contribution in [-0.2, 0) is 27.2 Å². The fourth-order valence-corrected chi connectivity index (χ4v) is 8.76. The lowest BCUT2D eigenvalue weighted by Crippen LogP contribution is -2.60. The highest BCUT2D eigenvalue weighted by atomic mass is 16.5. The standard InChI is InChI=1S/C33H38N4O5/c1-2-42-29(39)9-7-22-27(35-26-4-3-5-28(38)30(22)26)14-24-23-13-21(6-8-25(23)36-31(24)40)34-32(41)37-33-15-18-10-19(16-33)12-20(11-18)17-33/h6,8,13-14,18-20,35H,2-5,7,9-12,15-17H2,1H3,(H,36,40)(H2,34,37,41). The third kappa shape index (κ3) is 4.92. The van der Waals surface area contributed by atoms with Crippen molar-refractivity contribution in [2.24, 2.45) is 17.8 Å². The Labute approximate surface area is 245 Å². The number of ether oxygens (including phenoxy) is 1. The van der Waals surface area contributed by atoms with Crippen molar-refractivity contribution in [2.75, 3.05) is 17.2 Å². The minimum atomic E-state index is -0.319. The maximum Gasteiger partial charge on any atom is 0.319 e. The number of hydrogen-bond acceptors (Lipinski definition) is 5. The largest absolute Gasteiger partial charge is 0.466 e. The topological polar surface area (TPSA) is 129 Å². The number of esters is 1. The maximum atomic E-state index is 13.2. The van der Waals surface area contributed by atoms with E-state index in [1.165, 1.54) is 19.3 Å². The molecule has 6 aliphatic rings. The van der Waals surface area contributed by atoms with Gasteiger partial charge in [0.2, 0.25) is 0 Å². The van der Waals surface area contributed by atoms with Gasteiger partial charge in [0.25, 0.3) is 5.91 Å². The molecule has 3 amide bonds. The summed E-state index contributed by atoms with van der Waals surface area (Å²) in [6.45, 7) is 2.06. The maximum absolute atomic E-state index is 13.2. The Hall–Kier alpha value is -3.88. The van der Waals surface area contributed by atoms with E-state index in [-0.39, 0.29) is 35.7 Å². The lowest BCUT2D eigenvalue weighted by molar-refractivity contribution is -0.143. The number of ketones is 1. The van der Waals surface area contributed by atoms with Gasteiger partial charge in [0, 0.05) is 52.3 Å². The summed E-state index contributed by atoms with van der Waals surface area (Å²) in [5.41, 5.74) is 5.22. The van der Waals surface area contributed by atoms with Gasteiger partial charge in [0.15, 0.2) is 5.78 Å². The lowest BCUT2D eigenvalue weighted by Gasteiger charge is -2.56. The van der Waals surface area contributed by atoms with Gasteiger partial charge < -0.3 is 25.7 Å². The molecule has 0 saturated heterocycles. The van der Waals surface area contributed by atoms with E-state index in [2.05, 4.69) is 20.9 Å². The van der Waals surface area contributed by atoms with E-state index in [1.54, 1.807) is 25.1 Å². The Balaban J connectivity index is 1.14. The number of carbonyl (C=O) groups is 4. The van der Waals surface area contributed by atoms with Gasteiger partial charge in [-0.3, -0.25) is 14.4 Å². The molecule has 42 heavy (non-hydrogen) atoms. The number of rotatable bonds is 7. The first-order chi connectivity index (χ1) is 20.3. The van der Waals surface area contributed by atoms with Crippen LogP contribution in [0.25, 0.3) is 11.6 Å². The second kappa shape index (κ2) is 10.4. The van der Waals surface area contributed by atoms with Crippen LogP contribution in [0.15, 0.2) is 18.2 Å². The number of fused-ring (bicyclic) bond motifs is 2. The number of nitrogens with one attached hydrogen (secondary N) is 4. The minimum Gasteiger partial charge on any atom is -0.466 e. The highest BCUT2D eigenvalue weighted by Gasteiger charge is 2.51. The summed E-state index contributed by atoms with van der Waals surface area (Å²) in [5, 5.41) is 9.30. The van der Waals surface area contributed by atoms with Crippen LogP contribution in [0.3, 0.4) is 0 Å². The van der Waals surface area contributed by atoms with Crippen molar-refractivity contribution in [3.8, 4) is 0 Å². The van der Waals surface area contributed by atoms with Crippen LogP contribution in [0.5, 0.6) is 0 Å². The third-order valence-electron chi connectivity index (χ3n) is 9.97. The van der Waals surface area contributed by atoms with Gasteiger partial charge in [-0.15, -0.1) is 0 Å². The first-order valence-electron chi connectivity index (χ1n) is 15.5. The Bertz CT molecular complexity index is 1480. The number of aryl methyl sites for hydroxylation is 1. The van der Waals surface area contributed by atoms with Crippen LogP contribution in [0.1, 0.15) is 97.6 Å². The quantitative estimate of drug-likeness (QED) is 0.254. The van der Waals surface area contributed by atoms with E-state index in [4.69, 9.17) is 4.74 Å². The molecule has 2 aromatic rings. The Morgan fingerprint density at radius 2 is 1.81 bits per heavy atom. The molecule has 4 N–H and O–H groups in total. The van der Waals surface area contributed by atoms with Gasteiger partial charge in [-0.05, 0) is 112 Å². The van der Waals surface area contributed by atoms with Crippen molar-refractivity contribution in [3.05, 3.63) is 46.3 Å². The normalized spacial score (nSPS) is 27.9. The van der Waals surface area contributed by atoms with E-state index < -0.39 is 0 Å². The minimum absolute atomic E-state index is 0.0591. The summed E-state index contributed by atoms with van der Waals surface area (Å²) in [6, 6.07) is 5.23. The predicted octanol–water partition coefficient (Wildman–Crippen LogP) is 5.61. The zero-order valence-corrected chi connectivity index (χ0v) is 24.1. The van der Waals surface area contributed by atoms with Crippen molar-refractivity contribution >= 4 is 46.7 Å². The van der Waals surface area contributed by atoms with E-state index in [0.29, 0.717) is 53.2 Å². The molecule has 4 fully saturated rings. The molecule has 9 nitrogen and oxygen atoms in total. The molecule has 1 aromatic carbocycles. The van der Waals surface area contributed by atoms with Gasteiger partial charge in [0.1, 0.15) is 0 Å². The molecule has 4 bridgehead atoms. The highest BCUT2D eigenvalue weighted by molar-refractivity contribution is 6.35. The van der Waals surface area contributed by atoms with Crippen molar-refractivity contribution in [1.82, 2.24) is 10.3 Å². The first kappa shape index (κ1) is 27.0. The van der Waals surface area contributed by atoms with Crippen LogP contribution in [-0.4, -0.2) is 40.8 Å². The van der Waals surface area contributed by atoms with Crippen LogP contribution in [0.4, 0.5) is 16.2 Å². The van der Waals surface area contributed by atoms with Crippen molar-refractivity contribution < 1.29 is 23.9 Å². The van der Waals surface area contributed by atoms with E-state index in [9.17, 15) is 19.2 Å². The number of aromatic nitrogens is 1. The molecule has 2 heterocycles. The summed E-state index contributed by atoms with van der Waals surface area (Å²) in [6.07, 6.45) is 11.4. The molecule has 0 spiro atoms. The summed E-state index contributed by atoms with van der Waals surface area (Å²) in [5.74, 6) is 1.69. The number of carbonyl (C=O) groups excluding carboxylic acids is 4. The zero-order chi connectivity index (χ0) is 29.0. The molecule has 0 radical (unpaired) electrons. The van der Waals surface area contributed by atoms with Gasteiger partial charge in [-0.25, -0.2) is 4.79 Å². The van der Waals surface area contributed by atoms with Crippen molar-refractivity contribution in [3.63, 3.8) is 0 Å². The fourth-order valence-electron chi connectivity index (χ4n) is 8.76. The van der Waals surface area contributed by atoms with Crippen LogP contribution in [0, 0.1) is 17.8 Å². The van der Waals surface area contributed by atoms with E-state index in [0.717, 1.165) is 61.1 Å². The molecule has 4 saturated carbocycles. The van der Waals surface area contributed by atoms with Crippen molar-refractivity contribution in [1.29, 1.82) is 0 Å². The molecule has 1 aliphatic heterocycles. The van der Waals surface area contributed by atoms with Gasteiger partial charge in [-0.2, -0.15) is 0 Å². The fraction of sp³-hybridized carbons (Fsp3) is 0.515. The number of urea groups is 1. The SMILES string of the molecule is CCOC(=O)CCc1c(C=C2C(=O)Nc3ccc(NC(=O)NC45CC6CC(CC(C6)C4)C5)cc32)[nH]c2c1C(=O)CCC2. The Morgan fingerprint density at radius 3 is 2.52 bits per heavy atom. The third-order valence-corrected chi connectivity index (χ3v) is 9.97. The molecule has 8 rings (SSSR count). The first-order valence-corrected chi connectivity index (χ1v) is 15.5. The number of hydrogen-bond donors (Lipinski definition) is 4. The molecular formula is C33H38N4O5. The van der Waals surface area contributed by atoms with Crippen molar-refractivity contribution in [2.45, 2.75) is 83.1 Å².